The fourth-order valence-corrected chi connectivity index (χ4v) is 2.57. The Morgan fingerprint density at radius 3 is 2.31 bits per heavy atom. The molecule has 1 N–H and O–H groups in total. The van der Waals surface area contributed by atoms with E-state index in [4.69, 9.17) is 18.9 Å². The molecule has 2 rings (SSSR count). The maximum Gasteiger partial charge on any atom is 0.258 e. The molecular weight excluding hydrogens is 334 g/mol. The summed E-state index contributed by atoms with van der Waals surface area (Å²) >= 11 is 0. The van der Waals surface area contributed by atoms with Gasteiger partial charge in [0.2, 0.25) is 5.75 Å². The third-order valence-electron chi connectivity index (χ3n) is 4.18. The zero-order valence-corrected chi connectivity index (χ0v) is 15.8. The Hall–Kier alpha value is -2.89. The minimum absolute atomic E-state index is 0.0557. The fourth-order valence-electron chi connectivity index (χ4n) is 2.57. The summed E-state index contributed by atoms with van der Waals surface area (Å²) in [5.74, 6) is 2.08. The molecule has 140 valence electrons. The highest BCUT2D eigenvalue weighted by atomic mass is 16.5. The van der Waals surface area contributed by atoms with Gasteiger partial charge in [0.25, 0.3) is 5.91 Å². The predicted octanol–water partition coefficient (Wildman–Crippen LogP) is 3.02. The van der Waals surface area contributed by atoms with E-state index in [0.717, 1.165) is 16.7 Å². The number of methoxy groups -OCH3 is 3. The third-order valence-corrected chi connectivity index (χ3v) is 4.18. The molecule has 0 spiro atoms. The largest absolute Gasteiger partial charge is 0.493 e. The lowest BCUT2D eigenvalue weighted by atomic mass is 10.1. The summed E-state index contributed by atoms with van der Waals surface area (Å²) in [6, 6.07) is 9.37. The van der Waals surface area contributed by atoms with Gasteiger partial charge in [-0.3, -0.25) is 4.79 Å². The van der Waals surface area contributed by atoms with E-state index in [1.54, 1.807) is 27.4 Å². The number of hydrogen-bond donors (Lipinski definition) is 1. The van der Waals surface area contributed by atoms with E-state index in [2.05, 4.69) is 5.32 Å². The van der Waals surface area contributed by atoms with Gasteiger partial charge in [0.1, 0.15) is 5.75 Å². The zero-order valence-electron chi connectivity index (χ0n) is 15.8. The summed E-state index contributed by atoms with van der Waals surface area (Å²) in [5, 5.41) is 2.83. The molecule has 0 saturated heterocycles. The Labute approximate surface area is 154 Å². The van der Waals surface area contributed by atoms with Gasteiger partial charge >= 0.3 is 0 Å². The van der Waals surface area contributed by atoms with Crippen molar-refractivity contribution < 1.29 is 23.7 Å². The number of amides is 1. The maximum atomic E-state index is 12.1. The highest BCUT2D eigenvalue weighted by molar-refractivity contribution is 5.77. The van der Waals surface area contributed by atoms with E-state index in [-0.39, 0.29) is 12.5 Å². The third kappa shape index (κ3) is 4.39. The molecule has 0 atom stereocenters. The van der Waals surface area contributed by atoms with E-state index < -0.39 is 0 Å². The predicted molar refractivity (Wildman–Crippen MR) is 99.4 cm³/mol. The lowest BCUT2D eigenvalue weighted by Gasteiger charge is -2.16. The first kappa shape index (κ1) is 19.4. The van der Waals surface area contributed by atoms with Crippen LogP contribution in [0.1, 0.15) is 16.7 Å². The molecule has 0 fully saturated rings. The fraction of sp³-hybridized carbons (Fsp3) is 0.350. The van der Waals surface area contributed by atoms with Crippen molar-refractivity contribution in [3.63, 3.8) is 0 Å². The number of hydrogen-bond acceptors (Lipinski definition) is 5. The Morgan fingerprint density at radius 2 is 1.65 bits per heavy atom. The molecule has 0 aliphatic carbocycles. The van der Waals surface area contributed by atoms with Crippen LogP contribution in [0.3, 0.4) is 0 Å². The van der Waals surface area contributed by atoms with Gasteiger partial charge in [-0.25, -0.2) is 0 Å². The lowest BCUT2D eigenvalue weighted by Crippen LogP contribution is -2.28. The van der Waals surface area contributed by atoms with Crippen molar-refractivity contribution in [2.75, 3.05) is 27.9 Å². The Bertz CT molecular complexity index is 773. The summed E-state index contributed by atoms with van der Waals surface area (Å²) in [6.45, 7) is 4.21. The van der Waals surface area contributed by atoms with Crippen LogP contribution in [0.15, 0.2) is 30.3 Å². The highest BCUT2D eigenvalue weighted by Crippen LogP contribution is 2.39. The molecule has 0 bridgehead atoms. The molecular formula is C20H25NO5. The van der Waals surface area contributed by atoms with Gasteiger partial charge in [-0.2, -0.15) is 0 Å². The van der Waals surface area contributed by atoms with Crippen molar-refractivity contribution in [1.29, 1.82) is 0 Å². The number of rotatable bonds is 8. The number of carbonyl (C=O) groups is 1. The SMILES string of the molecule is COc1ccc(CNC(=O)COc2cccc(C)c2C)c(OC)c1OC. The highest BCUT2D eigenvalue weighted by Gasteiger charge is 2.16. The molecule has 1 amide bonds. The van der Waals surface area contributed by atoms with E-state index in [1.807, 2.05) is 38.1 Å². The van der Waals surface area contributed by atoms with Gasteiger partial charge in [-0.15, -0.1) is 0 Å². The van der Waals surface area contributed by atoms with Gasteiger partial charge in [0.05, 0.1) is 21.3 Å². The van der Waals surface area contributed by atoms with Gasteiger partial charge in [0.15, 0.2) is 18.1 Å². The first-order valence-corrected chi connectivity index (χ1v) is 8.25. The molecule has 0 radical (unpaired) electrons. The minimum atomic E-state index is -0.220. The first-order valence-electron chi connectivity index (χ1n) is 8.25. The van der Waals surface area contributed by atoms with Crippen LogP contribution in [0.4, 0.5) is 0 Å². The number of carbonyl (C=O) groups excluding carboxylic acids is 1. The summed E-state index contributed by atoms with van der Waals surface area (Å²) in [4.78, 5) is 12.1. The second kappa shape index (κ2) is 8.99. The number of aryl methyl sites for hydroxylation is 1. The van der Waals surface area contributed by atoms with Crippen molar-refractivity contribution in [2.24, 2.45) is 0 Å². The van der Waals surface area contributed by atoms with E-state index >= 15 is 0 Å². The normalized spacial score (nSPS) is 10.2. The summed E-state index contributed by atoms with van der Waals surface area (Å²) in [7, 11) is 4.65. The second-order valence-electron chi connectivity index (χ2n) is 5.76. The van der Waals surface area contributed by atoms with E-state index in [0.29, 0.717) is 29.5 Å². The Balaban J connectivity index is 2.00. The smallest absolute Gasteiger partial charge is 0.258 e. The van der Waals surface area contributed by atoms with Gasteiger partial charge in [-0.05, 0) is 43.2 Å². The lowest BCUT2D eigenvalue weighted by molar-refractivity contribution is -0.123. The molecule has 0 aliphatic heterocycles. The number of benzene rings is 2. The molecule has 2 aromatic carbocycles. The number of ether oxygens (including phenoxy) is 4. The average molecular weight is 359 g/mol. The second-order valence-corrected chi connectivity index (χ2v) is 5.76. The molecule has 0 heterocycles. The summed E-state index contributed by atoms with van der Waals surface area (Å²) in [5.41, 5.74) is 2.94. The van der Waals surface area contributed by atoms with Crippen molar-refractivity contribution in [3.8, 4) is 23.0 Å². The first-order chi connectivity index (χ1) is 12.5. The van der Waals surface area contributed by atoms with Gasteiger partial charge in [0, 0.05) is 12.1 Å². The van der Waals surface area contributed by atoms with Crippen LogP contribution in [-0.4, -0.2) is 33.8 Å². The zero-order chi connectivity index (χ0) is 19.1. The average Bonchev–Trinajstić information content (AvgIpc) is 2.66. The molecule has 0 aliphatic rings. The van der Waals surface area contributed by atoms with Crippen LogP contribution >= 0.6 is 0 Å². The Morgan fingerprint density at radius 1 is 0.923 bits per heavy atom. The van der Waals surface area contributed by atoms with Crippen LogP contribution < -0.4 is 24.3 Å². The molecule has 0 aromatic heterocycles. The van der Waals surface area contributed by atoms with E-state index in [1.165, 1.54) is 0 Å². The van der Waals surface area contributed by atoms with Gasteiger partial charge < -0.3 is 24.3 Å². The van der Waals surface area contributed by atoms with Crippen molar-refractivity contribution in [3.05, 3.63) is 47.0 Å². The topological polar surface area (TPSA) is 66.0 Å². The number of nitrogens with one attached hydrogen (secondary N) is 1. The molecule has 0 unspecified atom stereocenters. The molecule has 26 heavy (non-hydrogen) atoms. The van der Waals surface area contributed by atoms with Crippen LogP contribution in [0.25, 0.3) is 0 Å². The quantitative estimate of drug-likeness (QED) is 0.785. The molecule has 6 nitrogen and oxygen atoms in total. The van der Waals surface area contributed by atoms with Crippen molar-refractivity contribution in [2.45, 2.75) is 20.4 Å². The van der Waals surface area contributed by atoms with Crippen LogP contribution in [0.2, 0.25) is 0 Å². The van der Waals surface area contributed by atoms with Gasteiger partial charge in [-0.1, -0.05) is 12.1 Å². The molecule has 0 saturated carbocycles. The van der Waals surface area contributed by atoms with Crippen molar-refractivity contribution in [1.82, 2.24) is 5.32 Å². The monoisotopic (exact) mass is 359 g/mol. The summed E-state index contributed by atoms with van der Waals surface area (Å²) < 4.78 is 21.6. The molecule has 2 aromatic rings. The van der Waals surface area contributed by atoms with E-state index in [9.17, 15) is 4.79 Å². The minimum Gasteiger partial charge on any atom is -0.493 e. The molecule has 6 heteroatoms. The van der Waals surface area contributed by atoms with Crippen LogP contribution in [-0.2, 0) is 11.3 Å². The standard InChI is InChI=1S/C20H25NO5/c1-13-7-6-8-16(14(13)2)26-12-18(22)21-11-15-9-10-17(23-3)20(25-5)19(15)24-4/h6-10H,11-12H2,1-5H3,(H,21,22). The van der Waals surface area contributed by atoms with Crippen LogP contribution in [0.5, 0.6) is 23.0 Å². The summed E-state index contributed by atoms with van der Waals surface area (Å²) in [6.07, 6.45) is 0. The Kier molecular flexibility index (Phi) is 6.72. The van der Waals surface area contributed by atoms with Crippen LogP contribution in [0, 0.1) is 13.8 Å². The maximum absolute atomic E-state index is 12.1. The van der Waals surface area contributed by atoms with Crippen molar-refractivity contribution >= 4 is 5.91 Å².